The summed E-state index contributed by atoms with van der Waals surface area (Å²) in [6, 6.07) is -0.832. The lowest BCUT2D eigenvalue weighted by atomic mass is 10.0. The van der Waals surface area contributed by atoms with Gasteiger partial charge in [0.05, 0.1) is 12.0 Å². The Kier molecular flexibility index (Phi) is 5.79. The summed E-state index contributed by atoms with van der Waals surface area (Å²) in [4.78, 5) is 10.7. The van der Waals surface area contributed by atoms with E-state index in [9.17, 15) is 20.1 Å². The molecule has 0 saturated carbocycles. The van der Waals surface area contributed by atoms with E-state index in [1.807, 2.05) is 0 Å². The molecular weight excluding hydrogens is 266 g/mol. The summed E-state index contributed by atoms with van der Waals surface area (Å²) in [6.07, 6.45) is -6.44. The van der Waals surface area contributed by atoms with Crippen molar-refractivity contribution in [3.05, 3.63) is 0 Å². The quantitative estimate of drug-likeness (QED) is 0.264. The molecule has 1 saturated heterocycles. The first-order valence-electron chi connectivity index (χ1n) is 5.32. The monoisotopic (exact) mass is 283 g/mol. The second-order valence-corrected chi connectivity index (χ2v) is 5.21. The number of aliphatic hydroxyl groups excluding tert-OH is 5. The van der Waals surface area contributed by atoms with Crippen LogP contribution in [-0.2, 0) is 4.79 Å². The molecule has 0 spiro atoms. The number of rotatable bonds is 6. The summed E-state index contributed by atoms with van der Waals surface area (Å²) in [5.41, 5.74) is 0. The smallest absolute Gasteiger partial charge is 0.321 e. The molecule has 9 heteroatoms. The molecule has 1 heterocycles. The number of carboxylic acids is 1. The van der Waals surface area contributed by atoms with Crippen molar-refractivity contribution < 1.29 is 35.4 Å². The van der Waals surface area contributed by atoms with Crippen LogP contribution in [0, 0.1) is 0 Å². The van der Waals surface area contributed by atoms with Crippen LogP contribution in [0.5, 0.6) is 0 Å². The van der Waals surface area contributed by atoms with Crippen LogP contribution < -0.4 is 5.32 Å². The molecule has 18 heavy (non-hydrogen) atoms. The zero-order valence-corrected chi connectivity index (χ0v) is 10.2. The highest BCUT2D eigenvalue weighted by atomic mass is 32.2. The molecule has 1 aliphatic heterocycles. The highest BCUT2D eigenvalue weighted by Gasteiger charge is 2.40. The zero-order chi connectivity index (χ0) is 13.9. The van der Waals surface area contributed by atoms with Gasteiger partial charge in [0.25, 0.3) is 0 Å². The fourth-order valence-electron chi connectivity index (χ4n) is 1.55. The Morgan fingerprint density at radius 3 is 2.33 bits per heavy atom. The molecule has 0 aliphatic carbocycles. The molecule has 0 bridgehead atoms. The van der Waals surface area contributed by atoms with Crippen LogP contribution in [0.1, 0.15) is 0 Å². The van der Waals surface area contributed by atoms with E-state index in [1.165, 1.54) is 0 Å². The predicted octanol–water partition coefficient (Wildman–Crippen LogP) is -3.46. The molecule has 1 fully saturated rings. The maximum atomic E-state index is 10.7. The molecule has 7 N–H and O–H groups in total. The number of carbonyl (C=O) groups is 1. The second-order valence-electron chi connectivity index (χ2n) is 4.03. The number of hydrogen-bond acceptors (Lipinski definition) is 8. The Balaban J connectivity index is 2.54. The Bertz CT molecular complexity index is 292. The zero-order valence-electron chi connectivity index (χ0n) is 9.38. The van der Waals surface area contributed by atoms with Crippen LogP contribution in [0.2, 0.25) is 0 Å². The van der Waals surface area contributed by atoms with Gasteiger partial charge in [0, 0.05) is 5.75 Å². The molecule has 0 radical (unpaired) electrons. The topological polar surface area (TPSA) is 150 Å². The minimum Gasteiger partial charge on any atom is -0.480 e. The first-order valence-corrected chi connectivity index (χ1v) is 6.37. The Morgan fingerprint density at radius 2 is 1.89 bits per heavy atom. The molecule has 1 rings (SSSR count). The van der Waals surface area contributed by atoms with Gasteiger partial charge < -0.3 is 30.6 Å². The number of nitrogens with one attached hydrogen (secondary N) is 1. The van der Waals surface area contributed by atoms with Gasteiger partial charge in [-0.1, -0.05) is 0 Å². The van der Waals surface area contributed by atoms with Crippen LogP contribution >= 0.6 is 11.8 Å². The first kappa shape index (κ1) is 15.6. The molecule has 1 aliphatic rings. The van der Waals surface area contributed by atoms with E-state index < -0.39 is 48.4 Å². The Morgan fingerprint density at radius 1 is 1.28 bits per heavy atom. The van der Waals surface area contributed by atoms with Gasteiger partial charge in [0.15, 0.2) is 0 Å². The van der Waals surface area contributed by atoms with E-state index in [-0.39, 0.29) is 5.75 Å². The average Bonchev–Trinajstić information content (AvgIpc) is 2.84. The number of aliphatic carboxylic acids is 1. The number of thioether (sulfide) groups is 1. The van der Waals surface area contributed by atoms with Crippen LogP contribution in [0.15, 0.2) is 0 Å². The van der Waals surface area contributed by atoms with Crippen LogP contribution in [0.3, 0.4) is 0 Å². The number of aliphatic hydroxyl groups is 5. The third-order valence-electron chi connectivity index (χ3n) is 2.70. The molecule has 6 atom stereocenters. The van der Waals surface area contributed by atoms with Gasteiger partial charge in [0.2, 0.25) is 0 Å². The van der Waals surface area contributed by atoms with E-state index in [1.54, 1.807) is 0 Å². The van der Waals surface area contributed by atoms with Gasteiger partial charge in [-0.15, -0.1) is 11.8 Å². The van der Waals surface area contributed by atoms with Crippen molar-refractivity contribution in [2.24, 2.45) is 0 Å². The lowest BCUT2D eigenvalue weighted by Gasteiger charge is -2.28. The summed E-state index contributed by atoms with van der Waals surface area (Å²) in [6.45, 7) is -0.756. The lowest BCUT2D eigenvalue weighted by molar-refractivity contribution is -0.139. The highest BCUT2D eigenvalue weighted by Crippen LogP contribution is 2.24. The molecule has 0 aromatic heterocycles. The molecule has 0 unspecified atom stereocenters. The van der Waals surface area contributed by atoms with Crippen molar-refractivity contribution >= 4 is 17.7 Å². The van der Waals surface area contributed by atoms with Gasteiger partial charge in [-0.05, 0) is 0 Å². The second kappa shape index (κ2) is 6.66. The fourth-order valence-corrected chi connectivity index (χ4v) is 2.81. The van der Waals surface area contributed by atoms with Gasteiger partial charge in [0.1, 0.15) is 30.5 Å². The molecule has 106 valence electrons. The molecule has 0 amide bonds. The summed E-state index contributed by atoms with van der Waals surface area (Å²) in [5.74, 6) is -0.842. The van der Waals surface area contributed by atoms with Crippen molar-refractivity contribution in [1.82, 2.24) is 5.32 Å². The minimum atomic E-state index is -1.71. The van der Waals surface area contributed by atoms with Gasteiger partial charge in [-0.25, -0.2) is 0 Å². The third-order valence-corrected chi connectivity index (χ3v) is 4.00. The first-order chi connectivity index (χ1) is 8.38. The molecule has 8 nitrogen and oxygen atoms in total. The summed E-state index contributed by atoms with van der Waals surface area (Å²) in [7, 11) is 0. The van der Waals surface area contributed by atoms with Crippen molar-refractivity contribution in [3.8, 4) is 0 Å². The molecule has 0 aromatic rings. The minimum absolute atomic E-state index is 0.225. The van der Waals surface area contributed by atoms with E-state index in [2.05, 4.69) is 5.32 Å². The van der Waals surface area contributed by atoms with Crippen LogP contribution in [0.4, 0.5) is 0 Å². The van der Waals surface area contributed by atoms with E-state index in [0.717, 1.165) is 11.8 Å². The largest absolute Gasteiger partial charge is 0.480 e. The highest BCUT2D eigenvalue weighted by molar-refractivity contribution is 8.00. The molecule has 0 aromatic carbocycles. The maximum absolute atomic E-state index is 10.7. The van der Waals surface area contributed by atoms with Crippen molar-refractivity contribution in [1.29, 1.82) is 0 Å². The average molecular weight is 283 g/mol. The third kappa shape index (κ3) is 3.54. The van der Waals surface area contributed by atoms with Gasteiger partial charge >= 0.3 is 5.97 Å². The van der Waals surface area contributed by atoms with Crippen molar-refractivity contribution in [2.45, 2.75) is 35.8 Å². The predicted molar refractivity (Wildman–Crippen MR) is 61.9 cm³/mol. The van der Waals surface area contributed by atoms with Gasteiger partial charge in [-0.2, -0.15) is 0 Å². The summed E-state index contributed by atoms with van der Waals surface area (Å²) in [5, 5.41) is 57.1. The maximum Gasteiger partial charge on any atom is 0.321 e. The van der Waals surface area contributed by atoms with E-state index in [4.69, 9.17) is 15.3 Å². The Hall–Kier alpha value is -0.420. The normalized spacial score (nSPS) is 30.7. The van der Waals surface area contributed by atoms with Gasteiger partial charge in [-0.3, -0.25) is 10.1 Å². The van der Waals surface area contributed by atoms with Crippen molar-refractivity contribution in [2.75, 3.05) is 12.4 Å². The standard InChI is InChI=1S/C9H17NO7S/c11-1-4(12)5(13)6(14)7(15)8-10-3(2-18-8)9(16)17/h3-8,10-15H,1-2H2,(H,16,17)/t3-,4-,5-,6+,7-,8+/m1/s1. The Labute approximate surface area is 107 Å². The lowest BCUT2D eigenvalue weighted by Crippen LogP contribution is -2.52. The number of carboxylic acid groups (broad SMARTS) is 1. The molecular formula is C9H17NO7S. The summed E-state index contributed by atoms with van der Waals surface area (Å²) < 4.78 is 0. The summed E-state index contributed by atoms with van der Waals surface area (Å²) >= 11 is 1.09. The number of hydrogen-bond donors (Lipinski definition) is 7. The fraction of sp³-hybridized carbons (Fsp3) is 0.889. The van der Waals surface area contributed by atoms with E-state index in [0.29, 0.717) is 0 Å². The SMILES string of the molecule is O=C(O)[C@H]1CS[C@@H]([C@H](O)[C@@H](O)[C@H](O)[C@H](O)CO)N1. The van der Waals surface area contributed by atoms with Crippen LogP contribution in [0.25, 0.3) is 0 Å². The van der Waals surface area contributed by atoms with Crippen molar-refractivity contribution in [3.63, 3.8) is 0 Å². The van der Waals surface area contributed by atoms with E-state index >= 15 is 0 Å². The van der Waals surface area contributed by atoms with Crippen LogP contribution in [-0.4, -0.2) is 84.8 Å².